The average molecular weight is 559 g/mol. The van der Waals surface area contributed by atoms with Crippen molar-refractivity contribution in [2.24, 2.45) is 11.3 Å². The molecule has 3 aliphatic heterocycles. The van der Waals surface area contributed by atoms with Crippen LogP contribution in [-0.2, 0) is 23.7 Å². The molecule has 2 amide bonds. The number of allylic oxidation sites excluding steroid dienone is 3. The van der Waals surface area contributed by atoms with E-state index in [1.54, 1.807) is 52.5 Å². The van der Waals surface area contributed by atoms with Crippen molar-refractivity contribution < 1.29 is 33.3 Å². The van der Waals surface area contributed by atoms with E-state index in [0.717, 1.165) is 37.7 Å². The van der Waals surface area contributed by atoms with Crippen LogP contribution in [0.1, 0.15) is 80.1 Å². The summed E-state index contributed by atoms with van der Waals surface area (Å²) in [5.41, 5.74) is -1.55. The van der Waals surface area contributed by atoms with Gasteiger partial charge in [0.2, 0.25) is 5.91 Å². The summed E-state index contributed by atoms with van der Waals surface area (Å²) in [6.45, 7) is 16.4. The van der Waals surface area contributed by atoms with Gasteiger partial charge in [-0.15, -0.1) is 0 Å². The van der Waals surface area contributed by atoms with E-state index in [9.17, 15) is 14.4 Å². The Morgan fingerprint density at radius 1 is 1.07 bits per heavy atom. The number of hydrogen-bond donors (Lipinski definition) is 0. The third-order valence-electron chi connectivity index (χ3n) is 8.00. The molecule has 222 valence electrons. The van der Waals surface area contributed by atoms with Crippen LogP contribution in [0.3, 0.4) is 0 Å². The van der Waals surface area contributed by atoms with E-state index in [1.807, 2.05) is 4.90 Å². The zero-order valence-electron chi connectivity index (χ0n) is 25.0. The number of rotatable bonds is 3. The number of likely N-dealkylation sites (tertiary alicyclic amines) is 1. The summed E-state index contributed by atoms with van der Waals surface area (Å²) >= 11 is 0. The second-order valence-electron chi connectivity index (χ2n) is 13.2. The molecule has 0 aromatic carbocycles. The highest BCUT2D eigenvalue weighted by atomic mass is 16.7. The molecule has 1 spiro atoms. The van der Waals surface area contributed by atoms with Gasteiger partial charge in [0.05, 0.1) is 18.1 Å². The first-order valence-electron chi connectivity index (χ1n) is 14.6. The Morgan fingerprint density at radius 2 is 1.77 bits per heavy atom. The van der Waals surface area contributed by atoms with Crippen LogP contribution in [-0.4, -0.2) is 77.5 Å². The summed E-state index contributed by atoms with van der Waals surface area (Å²) in [5, 5.41) is 0. The lowest BCUT2D eigenvalue weighted by atomic mass is 9.67. The van der Waals surface area contributed by atoms with Crippen molar-refractivity contribution in [3.8, 4) is 0 Å². The van der Waals surface area contributed by atoms with Crippen molar-refractivity contribution in [1.82, 2.24) is 9.80 Å². The van der Waals surface area contributed by atoms with Gasteiger partial charge in [-0.2, -0.15) is 0 Å². The monoisotopic (exact) mass is 558 g/mol. The molecule has 1 aliphatic carbocycles. The quantitative estimate of drug-likeness (QED) is 0.321. The van der Waals surface area contributed by atoms with Crippen molar-refractivity contribution in [2.45, 2.75) is 103 Å². The van der Waals surface area contributed by atoms with Crippen LogP contribution in [0.25, 0.3) is 0 Å². The van der Waals surface area contributed by atoms with Crippen molar-refractivity contribution >= 4 is 18.2 Å². The minimum absolute atomic E-state index is 0.0210. The van der Waals surface area contributed by atoms with Crippen LogP contribution in [0, 0.1) is 11.3 Å². The number of fused-ring (bicyclic) bond motifs is 1. The number of carbonyl (C=O) groups is 3. The number of ether oxygens (including phenoxy) is 4. The van der Waals surface area contributed by atoms with Crippen LogP contribution < -0.4 is 0 Å². The van der Waals surface area contributed by atoms with Gasteiger partial charge in [0, 0.05) is 19.0 Å². The Labute approximate surface area is 238 Å². The molecule has 3 bridgehead atoms. The predicted octanol–water partition coefficient (Wildman–Crippen LogP) is 5.75. The largest absolute Gasteiger partial charge is 0.508 e. The first-order valence-corrected chi connectivity index (χ1v) is 14.6. The summed E-state index contributed by atoms with van der Waals surface area (Å²) in [4.78, 5) is 44.5. The molecule has 2 fully saturated rings. The molecule has 0 aromatic rings. The minimum atomic E-state index is -0.948. The molecule has 4 rings (SSSR count). The van der Waals surface area contributed by atoms with E-state index in [2.05, 4.69) is 18.7 Å². The molecule has 0 N–H and O–H groups in total. The molecule has 0 radical (unpaired) electrons. The SMILES string of the molecule is C=CC1=C2OCC/C=C\CCCCN3CC[C@@H]1[C@]1(C[C@H](COC(=O)OC(C)(C)C)N(C(=O)OC(C)(C)C)[C@@H]21)C3=O. The van der Waals surface area contributed by atoms with E-state index < -0.39 is 40.9 Å². The second kappa shape index (κ2) is 11.5. The molecule has 4 atom stereocenters. The highest BCUT2D eigenvalue weighted by Gasteiger charge is 2.70. The van der Waals surface area contributed by atoms with Crippen molar-refractivity contribution in [2.75, 3.05) is 26.3 Å². The molecule has 2 saturated heterocycles. The fraction of sp³-hybridized carbons (Fsp3) is 0.710. The predicted molar refractivity (Wildman–Crippen MR) is 150 cm³/mol. The Kier molecular flexibility index (Phi) is 8.62. The maximum atomic E-state index is 14.5. The van der Waals surface area contributed by atoms with Gasteiger partial charge in [-0.1, -0.05) is 24.8 Å². The summed E-state index contributed by atoms with van der Waals surface area (Å²) in [7, 11) is 0. The molecule has 3 heterocycles. The Morgan fingerprint density at radius 3 is 2.45 bits per heavy atom. The summed E-state index contributed by atoms with van der Waals surface area (Å²) < 4.78 is 23.2. The van der Waals surface area contributed by atoms with Crippen LogP contribution >= 0.6 is 0 Å². The van der Waals surface area contributed by atoms with Gasteiger partial charge in [-0.3, -0.25) is 9.69 Å². The fourth-order valence-corrected chi connectivity index (χ4v) is 6.61. The molecule has 9 heteroatoms. The Balaban J connectivity index is 1.78. The molecule has 4 aliphatic rings. The van der Waals surface area contributed by atoms with E-state index >= 15 is 0 Å². The maximum absolute atomic E-state index is 14.5. The number of carbonyl (C=O) groups excluding carboxylic acids is 3. The zero-order valence-corrected chi connectivity index (χ0v) is 25.0. The van der Waals surface area contributed by atoms with E-state index in [0.29, 0.717) is 31.9 Å². The first-order chi connectivity index (χ1) is 18.8. The number of hydrogen-bond acceptors (Lipinski definition) is 7. The van der Waals surface area contributed by atoms with Gasteiger partial charge in [0.15, 0.2) is 0 Å². The van der Waals surface area contributed by atoms with Crippen LogP contribution in [0.2, 0.25) is 0 Å². The normalized spacial score (nSPS) is 29.9. The third kappa shape index (κ3) is 6.03. The number of amides is 2. The topological polar surface area (TPSA) is 94.6 Å². The lowest BCUT2D eigenvalue weighted by Crippen LogP contribution is -2.57. The summed E-state index contributed by atoms with van der Waals surface area (Å²) in [5.74, 6) is 0.463. The second-order valence-corrected chi connectivity index (χ2v) is 13.2. The smallest absolute Gasteiger partial charge is 0.495 e. The van der Waals surface area contributed by atoms with E-state index in [-0.39, 0.29) is 18.4 Å². The first kappa shape index (κ1) is 30.0. The van der Waals surface area contributed by atoms with Gasteiger partial charge in [0.25, 0.3) is 0 Å². The molecular weight excluding hydrogens is 512 g/mol. The van der Waals surface area contributed by atoms with Gasteiger partial charge in [-0.25, -0.2) is 9.59 Å². The zero-order chi connectivity index (χ0) is 29.3. The van der Waals surface area contributed by atoms with Crippen LogP contribution in [0.4, 0.5) is 9.59 Å². The molecule has 0 aromatic heterocycles. The highest BCUT2D eigenvalue weighted by Crippen LogP contribution is 2.61. The van der Waals surface area contributed by atoms with Crippen LogP contribution in [0.5, 0.6) is 0 Å². The molecule has 0 saturated carbocycles. The highest BCUT2D eigenvalue weighted by molar-refractivity contribution is 5.89. The lowest BCUT2D eigenvalue weighted by Gasteiger charge is -2.44. The van der Waals surface area contributed by atoms with E-state index in [1.165, 1.54) is 0 Å². The average Bonchev–Trinajstić information content (AvgIpc) is 3.30. The summed E-state index contributed by atoms with van der Waals surface area (Å²) in [6, 6.07) is -1.28. The van der Waals surface area contributed by atoms with Gasteiger partial charge in [-0.05, 0) is 85.6 Å². The third-order valence-corrected chi connectivity index (χ3v) is 8.00. The van der Waals surface area contributed by atoms with Crippen molar-refractivity contribution in [3.63, 3.8) is 0 Å². The maximum Gasteiger partial charge on any atom is 0.508 e. The Bertz CT molecular complexity index is 1070. The standard InChI is InChI=1S/C31H46N2O7/c1-8-22-23-15-17-32-16-13-11-9-10-12-14-18-37-24(22)25-31(23,26(32)34)19-21(20-38-28(36)40-30(5,6)7)33(25)27(35)39-29(2,3)4/h8,10,12,21,23,25H,1,9,11,13-20H2,2-7H3/b12-10-/t21-,23+,25+,31+/m1/s1. The van der Waals surface area contributed by atoms with Crippen molar-refractivity contribution in [3.05, 3.63) is 36.1 Å². The van der Waals surface area contributed by atoms with Gasteiger partial charge >= 0.3 is 12.2 Å². The van der Waals surface area contributed by atoms with E-state index in [4.69, 9.17) is 18.9 Å². The molecular formula is C31H46N2O7. The minimum Gasteiger partial charge on any atom is -0.495 e. The van der Waals surface area contributed by atoms with Gasteiger partial charge < -0.3 is 23.8 Å². The number of piperidine rings is 1. The fourth-order valence-electron chi connectivity index (χ4n) is 6.61. The molecule has 0 unspecified atom stereocenters. The van der Waals surface area contributed by atoms with Crippen molar-refractivity contribution in [1.29, 1.82) is 0 Å². The molecule has 9 nitrogen and oxygen atoms in total. The summed E-state index contributed by atoms with van der Waals surface area (Å²) in [6.07, 6.45) is 9.36. The van der Waals surface area contributed by atoms with Crippen LogP contribution in [0.15, 0.2) is 36.1 Å². The number of nitrogens with zero attached hydrogens (tertiary/aromatic N) is 2. The Hall–Kier alpha value is -2.97. The van der Waals surface area contributed by atoms with Gasteiger partial charge in [0.1, 0.15) is 29.6 Å². The molecule has 40 heavy (non-hydrogen) atoms. The lowest BCUT2D eigenvalue weighted by molar-refractivity contribution is -0.150.